The highest BCUT2D eigenvalue weighted by atomic mass is 35.5. The summed E-state index contributed by atoms with van der Waals surface area (Å²) < 4.78 is 21.5. The molecule has 1 aliphatic heterocycles. The molecule has 5 nitrogen and oxygen atoms in total. The van der Waals surface area contributed by atoms with Crippen LogP contribution in [0.1, 0.15) is 24.1 Å². The normalized spacial score (nSPS) is 13.7. The fourth-order valence-corrected chi connectivity index (χ4v) is 2.97. The molecular formula is C18H20ClNO4. The summed E-state index contributed by atoms with van der Waals surface area (Å²) in [5.41, 5.74) is 2.06. The van der Waals surface area contributed by atoms with Crippen molar-refractivity contribution in [2.75, 3.05) is 21.0 Å². The summed E-state index contributed by atoms with van der Waals surface area (Å²) in [7, 11) is 3.31. The number of hydrogen-bond acceptors (Lipinski definition) is 5. The zero-order valence-electron chi connectivity index (χ0n) is 13.9. The maximum absolute atomic E-state index is 6.23. The quantitative estimate of drug-likeness (QED) is 0.856. The topological polar surface area (TPSA) is 49.0 Å². The summed E-state index contributed by atoms with van der Waals surface area (Å²) in [5.74, 6) is 2.92. The molecule has 1 heterocycles. The smallest absolute Gasteiger partial charge is 0.231 e. The predicted molar refractivity (Wildman–Crippen MR) is 92.4 cm³/mol. The summed E-state index contributed by atoms with van der Waals surface area (Å²) in [6.07, 6.45) is 0. The van der Waals surface area contributed by atoms with Crippen molar-refractivity contribution < 1.29 is 18.9 Å². The minimum absolute atomic E-state index is 0.0687. The van der Waals surface area contributed by atoms with Crippen LogP contribution in [0, 0.1) is 0 Å². The highest BCUT2D eigenvalue weighted by Gasteiger charge is 2.19. The van der Waals surface area contributed by atoms with Crippen molar-refractivity contribution in [1.82, 2.24) is 5.32 Å². The third kappa shape index (κ3) is 3.37. The van der Waals surface area contributed by atoms with E-state index in [0.29, 0.717) is 23.1 Å². The third-order valence-electron chi connectivity index (χ3n) is 4.00. The first-order chi connectivity index (χ1) is 11.6. The molecule has 0 aliphatic carbocycles. The molecule has 2 aromatic rings. The Bertz CT molecular complexity index is 735. The van der Waals surface area contributed by atoms with Crippen molar-refractivity contribution in [3.05, 3.63) is 46.5 Å². The lowest BCUT2D eigenvalue weighted by Gasteiger charge is -2.18. The molecule has 1 aliphatic rings. The van der Waals surface area contributed by atoms with Gasteiger partial charge in [-0.2, -0.15) is 0 Å². The van der Waals surface area contributed by atoms with Crippen molar-refractivity contribution in [3.63, 3.8) is 0 Å². The second-order valence-electron chi connectivity index (χ2n) is 5.52. The summed E-state index contributed by atoms with van der Waals surface area (Å²) in [4.78, 5) is 0. The van der Waals surface area contributed by atoms with Crippen LogP contribution >= 0.6 is 11.6 Å². The van der Waals surface area contributed by atoms with Gasteiger partial charge in [-0.25, -0.2) is 0 Å². The van der Waals surface area contributed by atoms with Crippen molar-refractivity contribution in [1.29, 1.82) is 0 Å². The van der Waals surface area contributed by atoms with E-state index in [4.69, 9.17) is 30.5 Å². The highest BCUT2D eigenvalue weighted by Crippen LogP contribution is 2.40. The average molecular weight is 350 g/mol. The van der Waals surface area contributed by atoms with Crippen molar-refractivity contribution in [2.45, 2.75) is 19.5 Å². The maximum atomic E-state index is 6.23. The zero-order chi connectivity index (χ0) is 17.1. The molecule has 0 spiro atoms. The largest absolute Gasteiger partial charge is 0.497 e. The first kappa shape index (κ1) is 16.7. The predicted octanol–water partition coefficient (Wildman–Crippen LogP) is 3.94. The van der Waals surface area contributed by atoms with E-state index in [1.807, 2.05) is 30.3 Å². The molecule has 0 saturated carbocycles. The van der Waals surface area contributed by atoms with Crippen LogP contribution in [0.3, 0.4) is 0 Å². The Morgan fingerprint density at radius 2 is 2.00 bits per heavy atom. The second kappa shape index (κ2) is 7.20. The lowest BCUT2D eigenvalue weighted by molar-refractivity contribution is 0.174. The van der Waals surface area contributed by atoms with Gasteiger partial charge in [0.2, 0.25) is 6.79 Å². The lowest BCUT2D eigenvalue weighted by Crippen LogP contribution is -2.18. The van der Waals surface area contributed by atoms with E-state index in [-0.39, 0.29) is 12.8 Å². The van der Waals surface area contributed by atoms with E-state index >= 15 is 0 Å². The molecule has 0 amide bonds. The molecule has 0 radical (unpaired) electrons. The Morgan fingerprint density at radius 1 is 1.17 bits per heavy atom. The van der Waals surface area contributed by atoms with Gasteiger partial charge in [0, 0.05) is 18.2 Å². The van der Waals surface area contributed by atoms with E-state index < -0.39 is 0 Å². The number of rotatable bonds is 6. The third-order valence-corrected chi connectivity index (χ3v) is 4.28. The van der Waals surface area contributed by atoms with E-state index in [9.17, 15) is 0 Å². The number of ether oxygens (including phenoxy) is 4. The summed E-state index contributed by atoms with van der Waals surface area (Å²) >= 11 is 6.23. The molecular weight excluding hydrogens is 330 g/mol. The van der Waals surface area contributed by atoms with Crippen LogP contribution < -0.4 is 24.3 Å². The van der Waals surface area contributed by atoms with Crippen LogP contribution in [0.5, 0.6) is 23.0 Å². The average Bonchev–Trinajstić information content (AvgIpc) is 3.08. The fourth-order valence-electron chi connectivity index (χ4n) is 2.68. The van der Waals surface area contributed by atoms with E-state index in [2.05, 4.69) is 12.2 Å². The Balaban J connectivity index is 1.74. The Morgan fingerprint density at radius 3 is 2.75 bits per heavy atom. The van der Waals surface area contributed by atoms with Gasteiger partial charge in [0.1, 0.15) is 11.5 Å². The van der Waals surface area contributed by atoms with E-state index in [0.717, 1.165) is 22.6 Å². The Hall–Kier alpha value is -2.11. The van der Waals surface area contributed by atoms with Crippen molar-refractivity contribution in [3.8, 4) is 23.0 Å². The van der Waals surface area contributed by atoms with Crippen LogP contribution in [-0.4, -0.2) is 21.0 Å². The molecule has 3 rings (SSSR count). The maximum Gasteiger partial charge on any atom is 0.231 e. The summed E-state index contributed by atoms with van der Waals surface area (Å²) in [5, 5.41) is 4.03. The molecule has 0 aromatic heterocycles. The summed E-state index contributed by atoms with van der Waals surface area (Å²) in [6, 6.07) is 9.66. The lowest BCUT2D eigenvalue weighted by atomic mass is 10.1. The van der Waals surface area contributed by atoms with Gasteiger partial charge in [0.05, 0.1) is 19.2 Å². The van der Waals surface area contributed by atoms with Crippen molar-refractivity contribution >= 4 is 11.6 Å². The van der Waals surface area contributed by atoms with E-state index in [1.54, 1.807) is 14.2 Å². The number of halogens is 1. The highest BCUT2D eigenvalue weighted by molar-refractivity contribution is 6.32. The van der Waals surface area contributed by atoms with Gasteiger partial charge < -0.3 is 24.3 Å². The monoisotopic (exact) mass is 349 g/mol. The molecule has 0 saturated heterocycles. The molecule has 6 heteroatoms. The minimum atomic E-state index is 0.0687. The number of fused-ring (bicyclic) bond motifs is 1. The van der Waals surface area contributed by atoms with Crippen molar-refractivity contribution in [2.24, 2.45) is 0 Å². The van der Waals surface area contributed by atoms with Gasteiger partial charge in [-0.05, 0) is 42.8 Å². The van der Waals surface area contributed by atoms with Gasteiger partial charge in [-0.15, -0.1) is 0 Å². The van der Waals surface area contributed by atoms with Gasteiger partial charge in [0.25, 0.3) is 0 Å². The number of nitrogens with one attached hydrogen (secondary N) is 1. The molecule has 128 valence electrons. The summed E-state index contributed by atoms with van der Waals surface area (Å²) in [6.45, 7) is 2.92. The molecule has 24 heavy (non-hydrogen) atoms. The molecule has 0 bridgehead atoms. The van der Waals surface area contributed by atoms with Crippen LogP contribution in [0.4, 0.5) is 0 Å². The number of hydrogen-bond donors (Lipinski definition) is 1. The van der Waals surface area contributed by atoms with Crippen LogP contribution in [-0.2, 0) is 6.54 Å². The Labute approximate surface area is 146 Å². The van der Waals surface area contributed by atoms with Crippen LogP contribution in [0.15, 0.2) is 30.3 Å². The molecule has 1 N–H and O–H groups in total. The molecule has 0 fully saturated rings. The first-order valence-electron chi connectivity index (χ1n) is 7.65. The molecule has 2 aromatic carbocycles. The number of benzene rings is 2. The van der Waals surface area contributed by atoms with E-state index in [1.165, 1.54) is 0 Å². The molecule has 0 unspecified atom stereocenters. The fraction of sp³-hybridized carbons (Fsp3) is 0.333. The molecule has 1 atom stereocenters. The number of methoxy groups -OCH3 is 2. The SMILES string of the molecule is COc1ccc(OC)c([C@H](C)NCc2cc(Cl)c3c(c2)OCO3)c1. The van der Waals surface area contributed by atoms with Gasteiger partial charge in [0.15, 0.2) is 11.5 Å². The van der Waals surface area contributed by atoms with Crippen LogP contribution in [0.25, 0.3) is 0 Å². The Kier molecular flexibility index (Phi) is 5.02. The van der Waals surface area contributed by atoms with Gasteiger partial charge in [-0.1, -0.05) is 11.6 Å². The standard InChI is InChI=1S/C18H20ClNO4/c1-11(14-8-13(21-2)4-5-16(14)22-3)20-9-12-6-15(19)18-17(7-12)23-10-24-18/h4-8,11,20H,9-10H2,1-3H3/t11-/m0/s1. The van der Waals surface area contributed by atoms with Gasteiger partial charge in [-0.3, -0.25) is 0 Å². The minimum Gasteiger partial charge on any atom is -0.497 e. The first-order valence-corrected chi connectivity index (χ1v) is 8.03. The second-order valence-corrected chi connectivity index (χ2v) is 5.93. The van der Waals surface area contributed by atoms with Gasteiger partial charge >= 0.3 is 0 Å². The zero-order valence-corrected chi connectivity index (χ0v) is 14.6. The van der Waals surface area contributed by atoms with Crippen LogP contribution in [0.2, 0.25) is 5.02 Å².